The van der Waals surface area contributed by atoms with Crippen LogP contribution in [0.4, 0.5) is 34.9 Å². The van der Waals surface area contributed by atoms with Gasteiger partial charge in [-0.25, -0.2) is 15.0 Å². The van der Waals surface area contributed by atoms with Crippen LogP contribution in [0.25, 0.3) is 21.8 Å². The number of aryl methyl sites for hydroxylation is 2. The second-order valence-corrected chi connectivity index (χ2v) is 11.3. The number of benzene rings is 3. The van der Waals surface area contributed by atoms with Crippen molar-refractivity contribution in [3.05, 3.63) is 107 Å². The number of fused-ring (bicyclic) bond motifs is 2. The van der Waals surface area contributed by atoms with Crippen LogP contribution in [0.15, 0.2) is 85.2 Å². The van der Waals surface area contributed by atoms with E-state index in [9.17, 15) is 0 Å². The van der Waals surface area contributed by atoms with E-state index < -0.39 is 0 Å². The number of aromatic nitrogens is 8. The molecule has 12 heteroatoms. The fraction of sp³-hybridized carbons (Fsp3) is 0.152. The summed E-state index contributed by atoms with van der Waals surface area (Å²) in [5, 5.41) is 27.0. The van der Waals surface area contributed by atoms with E-state index in [0.717, 1.165) is 61.2 Å². The Labute approximate surface area is 263 Å². The first-order chi connectivity index (χ1) is 22.0. The Morgan fingerprint density at radius 2 is 1.42 bits per heavy atom. The van der Waals surface area contributed by atoms with Gasteiger partial charge >= 0.3 is 0 Å². The quantitative estimate of drug-likeness (QED) is 0.120. The number of nitrogens with one attached hydrogen (secondary N) is 5. The Balaban J connectivity index is 0.000000163. The number of hydrogen-bond donors (Lipinski definition) is 5. The molecule has 1 aliphatic rings. The summed E-state index contributed by atoms with van der Waals surface area (Å²) in [5.74, 6) is 4.14. The van der Waals surface area contributed by atoms with E-state index in [0.29, 0.717) is 17.7 Å². The van der Waals surface area contributed by atoms with E-state index >= 15 is 0 Å². The topological polar surface area (TPSA) is 145 Å². The Morgan fingerprint density at radius 3 is 2.18 bits per heavy atom. The van der Waals surface area contributed by atoms with Gasteiger partial charge in [-0.2, -0.15) is 15.2 Å². The SMILES string of the molecule is Cc1cc(Nc2nc(Nc3cc(C4CC4)[nH]n3)c3ccccc3n2)ccc1Cl.Cc1cc(Nc2ncnc3ccccc23)n[nH]1. The molecule has 0 spiro atoms. The molecule has 1 aliphatic carbocycles. The van der Waals surface area contributed by atoms with Crippen LogP contribution in [-0.2, 0) is 0 Å². The summed E-state index contributed by atoms with van der Waals surface area (Å²) in [5.41, 5.74) is 5.83. The standard InChI is InChI=1S/C21H19ClN6.C12H11N5/c1-12-10-14(8-9-16(12)22)23-21-24-17-5-3-2-4-15(17)20(26-21)25-19-11-18(27-28-19)13-6-7-13;1-8-6-11(17-16-8)15-12-9-4-2-3-5-10(9)13-7-14-12/h2-5,8-11,13H,6-7H2,1H3,(H3,23,24,25,26,27,28);2-7H,1H3,(H2,13,14,15,16,17). The van der Waals surface area contributed by atoms with Crippen LogP contribution in [0.2, 0.25) is 5.02 Å². The van der Waals surface area contributed by atoms with E-state index in [4.69, 9.17) is 16.6 Å². The van der Waals surface area contributed by atoms with Crippen LogP contribution in [0.5, 0.6) is 0 Å². The van der Waals surface area contributed by atoms with Gasteiger partial charge in [-0.15, -0.1) is 0 Å². The summed E-state index contributed by atoms with van der Waals surface area (Å²) < 4.78 is 0. The molecule has 224 valence electrons. The third-order valence-electron chi connectivity index (χ3n) is 7.37. The van der Waals surface area contributed by atoms with Gasteiger partial charge in [0.25, 0.3) is 0 Å². The highest BCUT2D eigenvalue weighted by molar-refractivity contribution is 6.31. The molecule has 0 unspecified atom stereocenters. The van der Waals surface area contributed by atoms with Crippen LogP contribution in [-0.4, -0.2) is 40.3 Å². The fourth-order valence-corrected chi connectivity index (χ4v) is 5.03. The normalized spacial score (nSPS) is 12.5. The molecule has 5 N–H and O–H groups in total. The number of aromatic amines is 2. The number of H-pyrrole nitrogens is 2. The highest BCUT2D eigenvalue weighted by Gasteiger charge is 2.25. The number of anilines is 6. The zero-order chi connectivity index (χ0) is 30.8. The summed E-state index contributed by atoms with van der Waals surface area (Å²) >= 11 is 6.13. The van der Waals surface area contributed by atoms with E-state index in [1.807, 2.05) is 86.6 Å². The van der Waals surface area contributed by atoms with Gasteiger partial charge in [0.2, 0.25) is 5.95 Å². The molecule has 7 aromatic rings. The van der Waals surface area contributed by atoms with Crippen LogP contribution in [0.1, 0.15) is 35.7 Å². The first-order valence-electron chi connectivity index (χ1n) is 14.6. The minimum absolute atomic E-state index is 0.515. The average Bonchev–Trinajstić information content (AvgIpc) is 3.66. The Kier molecular flexibility index (Phi) is 7.66. The molecule has 3 aromatic carbocycles. The number of nitrogens with zero attached hydrogens (tertiary/aromatic N) is 6. The van der Waals surface area contributed by atoms with Crippen LogP contribution in [0.3, 0.4) is 0 Å². The van der Waals surface area contributed by atoms with Gasteiger partial charge < -0.3 is 16.0 Å². The predicted octanol–water partition coefficient (Wildman–Crippen LogP) is 8.08. The number of hydrogen-bond acceptors (Lipinski definition) is 9. The first kappa shape index (κ1) is 28.2. The molecule has 0 saturated heterocycles. The third kappa shape index (κ3) is 6.53. The van der Waals surface area contributed by atoms with Gasteiger partial charge in [0.1, 0.15) is 18.0 Å². The summed E-state index contributed by atoms with van der Waals surface area (Å²) in [7, 11) is 0. The van der Waals surface area contributed by atoms with Crippen LogP contribution >= 0.6 is 11.6 Å². The molecule has 1 saturated carbocycles. The lowest BCUT2D eigenvalue weighted by Gasteiger charge is -2.11. The lowest BCUT2D eigenvalue weighted by Crippen LogP contribution is -2.02. The molecule has 11 nitrogen and oxygen atoms in total. The molecule has 0 bridgehead atoms. The van der Waals surface area contributed by atoms with Crippen molar-refractivity contribution in [3.63, 3.8) is 0 Å². The summed E-state index contributed by atoms with van der Waals surface area (Å²) in [6.07, 6.45) is 4.00. The zero-order valence-corrected chi connectivity index (χ0v) is 25.4. The number of halogens is 1. The average molecular weight is 616 g/mol. The maximum absolute atomic E-state index is 6.13. The van der Waals surface area contributed by atoms with Crippen LogP contribution < -0.4 is 16.0 Å². The third-order valence-corrected chi connectivity index (χ3v) is 7.80. The van der Waals surface area contributed by atoms with Gasteiger partial charge in [-0.1, -0.05) is 35.9 Å². The second kappa shape index (κ2) is 12.2. The highest BCUT2D eigenvalue weighted by Crippen LogP contribution is 2.40. The molecule has 4 aromatic heterocycles. The molecule has 0 aliphatic heterocycles. The van der Waals surface area contributed by atoms with E-state index in [-0.39, 0.29) is 0 Å². The zero-order valence-electron chi connectivity index (χ0n) is 24.6. The van der Waals surface area contributed by atoms with Gasteiger partial charge in [0.05, 0.1) is 11.0 Å². The molecule has 4 heterocycles. The largest absolute Gasteiger partial charge is 0.324 e. The predicted molar refractivity (Wildman–Crippen MR) is 179 cm³/mol. The first-order valence-corrected chi connectivity index (χ1v) is 15.0. The molecule has 0 amide bonds. The fourth-order valence-electron chi connectivity index (χ4n) is 4.91. The molecular formula is C33H30ClN11. The Hall–Kier alpha value is -5.55. The number of rotatable bonds is 7. The van der Waals surface area contributed by atoms with Crippen molar-refractivity contribution >= 4 is 68.3 Å². The van der Waals surface area contributed by atoms with Crippen molar-refractivity contribution in [2.45, 2.75) is 32.6 Å². The minimum Gasteiger partial charge on any atom is -0.324 e. The smallest absolute Gasteiger partial charge is 0.229 e. The lowest BCUT2D eigenvalue weighted by atomic mass is 10.2. The van der Waals surface area contributed by atoms with Crippen molar-refractivity contribution in [1.29, 1.82) is 0 Å². The summed E-state index contributed by atoms with van der Waals surface area (Å²) in [6, 6.07) is 25.5. The molecular weight excluding hydrogens is 586 g/mol. The Morgan fingerprint density at radius 1 is 0.711 bits per heavy atom. The van der Waals surface area contributed by atoms with Gasteiger partial charge in [0.15, 0.2) is 11.6 Å². The maximum atomic E-state index is 6.13. The lowest BCUT2D eigenvalue weighted by molar-refractivity contribution is 0.966. The minimum atomic E-state index is 0.515. The van der Waals surface area contributed by atoms with Crippen molar-refractivity contribution in [2.24, 2.45) is 0 Å². The van der Waals surface area contributed by atoms with E-state index in [2.05, 4.69) is 57.4 Å². The second-order valence-electron chi connectivity index (χ2n) is 10.9. The monoisotopic (exact) mass is 615 g/mol. The summed E-state index contributed by atoms with van der Waals surface area (Å²) in [6.45, 7) is 3.92. The molecule has 8 rings (SSSR count). The van der Waals surface area contributed by atoms with E-state index in [1.165, 1.54) is 18.5 Å². The van der Waals surface area contributed by atoms with Crippen molar-refractivity contribution in [1.82, 2.24) is 40.3 Å². The molecule has 0 atom stereocenters. The van der Waals surface area contributed by atoms with Crippen molar-refractivity contribution in [2.75, 3.05) is 16.0 Å². The van der Waals surface area contributed by atoms with Gasteiger partial charge in [-0.05, 0) is 74.7 Å². The highest BCUT2D eigenvalue weighted by atomic mass is 35.5. The molecule has 1 fully saturated rings. The van der Waals surface area contributed by atoms with Crippen molar-refractivity contribution in [3.8, 4) is 0 Å². The van der Waals surface area contributed by atoms with E-state index in [1.54, 1.807) is 6.33 Å². The van der Waals surface area contributed by atoms with Crippen LogP contribution in [0, 0.1) is 13.8 Å². The van der Waals surface area contributed by atoms with Gasteiger partial charge in [0, 0.05) is 50.9 Å². The number of para-hydroxylation sites is 2. The van der Waals surface area contributed by atoms with Crippen molar-refractivity contribution < 1.29 is 0 Å². The van der Waals surface area contributed by atoms with Gasteiger partial charge in [-0.3, -0.25) is 10.2 Å². The molecule has 0 radical (unpaired) electrons. The molecule has 45 heavy (non-hydrogen) atoms. The maximum Gasteiger partial charge on any atom is 0.229 e. The summed E-state index contributed by atoms with van der Waals surface area (Å²) in [4.78, 5) is 17.8. The Bertz CT molecular complexity index is 2110.